The summed E-state index contributed by atoms with van der Waals surface area (Å²) in [7, 11) is 1.46. The molecule has 0 fully saturated rings. The summed E-state index contributed by atoms with van der Waals surface area (Å²) in [4.78, 5) is 25.5. The first-order valence-electron chi connectivity index (χ1n) is 10.5. The van der Waals surface area contributed by atoms with Crippen molar-refractivity contribution < 1.29 is 28.2 Å². The maximum atomic E-state index is 14.3. The highest BCUT2D eigenvalue weighted by Gasteiger charge is 2.56. The van der Waals surface area contributed by atoms with Crippen molar-refractivity contribution in [2.75, 3.05) is 13.7 Å². The Kier molecular flexibility index (Phi) is 7.71. The van der Waals surface area contributed by atoms with Crippen LogP contribution in [0.3, 0.4) is 0 Å². The molecule has 0 unspecified atom stereocenters. The second kappa shape index (κ2) is 9.99. The molecule has 1 aliphatic rings. The molecule has 1 N–H and O–H groups in total. The van der Waals surface area contributed by atoms with Crippen LogP contribution in [0.25, 0.3) is 0 Å². The summed E-state index contributed by atoms with van der Waals surface area (Å²) < 4.78 is 31.8. The molecule has 0 spiro atoms. The highest BCUT2D eigenvalue weighted by Crippen LogP contribution is 2.55. The quantitative estimate of drug-likeness (QED) is 0.338. The van der Waals surface area contributed by atoms with E-state index < -0.39 is 29.2 Å². The Balaban J connectivity index is 1.88. The first kappa shape index (κ1) is 25.5. The third-order valence-electron chi connectivity index (χ3n) is 5.17. The van der Waals surface area contributed by atoms with Gasteiger partial charge in [0.1, 0.15) is 23.3 Å². The molecule has 0 bridgehead atoms. The highest BCUT2D eigenvalue weighted by molar-refractivity contribution is 9.10. The molecule has 0 saturated carbocycles. The van der Waals surface area contributed by atoms with E-state index in [-0.39, 0.29) is 34.0 Å². The van der Waals surface area contributed by atoms with Gasteiger partial charge < -0.3 is 19.5 Å². The molecule has 2 aromatic carbocycles. The Bertz CT molecular complexity index is 1040. The normalized spacial score (nSPS) is 19.5. The lowest BCUT2D eigenvalue weighted by molar-refractivity contribution is -0.146. The highest BCUT2D eigenvalue weighted by atomic mass is 79.9. The molecule has 0 radical (unpaired) electrons. The van der Waals surface area contributed by atoms with Crippen LogP contribution in [0.15, 0.2) is 40.9 Å². The number of nitrogens with one attached hydrogen (secondary N) is 1. The van der Waals surface area contributed by atoms with Crippen molar-refractivity contribution in [1.29, 1.82) is 0 Å². The summed E-state index contributed by atoms with van der Waals surface area (Å²) in [5.74, 6) is -0.763. The minimum Gasteiger partial charge on any atom is -0.471 e. The summed E-state index contributed by atoms with van der Waals surface area (Å²) in [5, 5.41) is 2.53. The van der Waals surface area contributed by atoms with Gasteiger partial charge in [0, 0.05) is 41.7 Å². The number of ether oxygens (including phenoxy) is 3. The van der Waals surface area contributed by atoms with Gasteiger partial charge in [0.2, 0.25) is 5.60 Å². The molecule has 1 aliphatic heterocycles. The number of carbonyl (C=O) groups is 2. The molecule has 33 heavy (non-hydrogen) atoms. The third kappa shape index (κ3) is 5.18. The molecular formula is C24H26BrClFNO5. The second-order valence-electron chi connectivity index (χ2n) is 8.67. The van der Waals surface area contributed by atoms with Crippen LogP contribution in [0, 0.1) is 5.82 Å². The van der Waals surface area contributed by atoms with E-state index in [0.29, 0.717) is 17.5 Å². The van der Waals surface area contributed by atoms with E-state index >= 15 is 0 Å². The fraction of sp³-hybridized carbons (Fsp3) is 0.417. The number of fused-ring (bicyclic) bond motifs is 1. The number of hydrogen-bond acceptors (Lipinski definition) is 5. The van der Waals surface area contributed by atoms with E-state index in [9.17, 15) is 14.0 Å². The predicted octanol–water partition coefficient (Wildman–Crippen LogP) is 6.09. The zero-order valence-corrected chi connectivity index (χ0v) is 21.2. The number of benzene rings is 2. The van der Waals surface area contributed by atoms with Crippen molar-refractivity contribution in [2.24, 2.45) is 0 Å². The van der Waals surface area contributed by atoms with Crippen molar-refractivity contribution in [1.82, 2.24) is 5.32 Å². The molecule has 178 valence electrons. The maximum Gasteiger partial charge on any atom is 0.407 e. The van der Waals surface area contributed by atoms with E-state index in [1.807, 2.05) is 6.07 Å². The standard InChI is InChI=1S/C24H26BrClFNO5/c1-23(2,3)33-22(30)28-12-8-11-17(29)24(14-9-6-5-7-10-14)21(31-4)18-16(32-24)13-15(27)20(26)19(18)25/h5-7,9-10,13,21H,8,11-12H2,1-4H3,(H,28,30)/t21-,24-/m0/s1. The fourth-order valence-corrected chi connectivity index (χ4v) is 4.58. The van der Waals surface area contributed by atoms with Crippen LogP contribution in [0.5, 0.6) is 5.75 Å². The molecule has 2 aromatic rings. The third-order valence-corrected chi connectivity index (χ3v) is 6.59. The van der Waals surface area contributed by atoms with Crippen molar-refractivity contribution in [3.63, 3.8) is 0 Å². The summed E-state index contributed by atoms with van der Waals surface area (Å²) >= 11 is 9.45. The van der Waals surface area contributed by atoms with E-state index in [0.717, 1.165) is 6.07 Å². The van der Waals surface area contributed by atoms with Gasteiger partial charge >= 0.3 is 6.09 Å². The lowest BCUT2D eigenvalue weighted by Gasteiger charge is -2.33. The molecule has 2 atom stereocenters. The maximum absolute atomic E-state index is 14.3. The number of methoxy groups -OCH3 is 1. The van der Waals surface area contributed by atoms with Gasteiger partial charge in [0.25, 0.3) is 0 Å². The molecular weight excluding hydrogens is 517 g/mol. The van der Waals surface area contributed by atoms with Crippen molar-refractivity contribution in [3.05, 3.63) is 62.8 Å². The molecule has 0 saturated heterocycles. The summed E-state index contributed by atoms with van der Waals surface area (Å²) in [6.07, 6.45) is -0.999. The molecule has 0 aliphatic carbocycles. The number of amides is 1. The number of Topliss-reactive ketones (excluding diaryl/α,β-unsaturated/α-hetero) is 1. The van der Waals surface area contributed by atoms with Crippen LogP contribution in [0.2, 0.25) is 5.02 Å². The monoisotopic (exact) mass is 541 g/mol. The predicted molar refractivity (Wildman–Crippen MR) is 126 cm³/mol. The summed E-state index contributed by atoms with van der Waals surface area (Å²) in [6, 6.07) is 10.1. The summed E-state index contributed by atoms with van der Waals surface area (Å²) in [5.41, 5.74) is -1.12. The van der Waals surface area contributed by atoms with Crippen LogP contribution in [0.4, 0.5) is 9.18 Å². The van der Waals surface area contributed by atoms with Gasteiger partial charge in [0.05, 0.1) is 5.02 Å². The number of halogens is 3. The SMILES string of the molecule is CO[C@H]1c2c(cc(F)c(Cl)c2Br)O[C@]1(C(=O)CCCNC(=O)OC(C)(C)C)c1ccccc1. The Morgan fingerprint density at radius 1 is 1.27 bits per heavy atom. The zero-order valence-electron chi connectivity index (χ0n) is 18.8. The topological polar surface area (TPSA) is 73.9 Å². The van der Waals surface area contributed by atoms with Crippen molar-refractivity contribution >= 4 is 39.4 Å². The average Bonchev–Trinajstić information content (AvgIpc) is 3.09. The van der Waals surface area contributed by atoms with Gasteiger partial charge in [0.15, 0.2) is 5.78 Å². The number of hydrogen-bond donors (Lipinski definition) is 1. The van der Waals surface area contributed by atoms with Gasteiger partial charge in [-0.25, -0.2) is 9.18 Å². The Hall–Kier alpha value is -2.16. The van der Waals surface area contributed by atoms with Gasteiger partial charge in [-0.1, -0.05) is 41.9 Å². The minimum absolute atomic E-state index is 0.0758. The smallest absolute Gasteiger partial charge is 0.407 e. The van der Waals surface area contributed by atoms with E-state index in [1.165, 1.54) is 7.11 Å². The first-order chi connectivity index (χ1) is 15.5. The van der Waals surface area contributed by atoms with Crippen molar-refractivity contribution in [3.8, 4) is 5.75 Å². The van der Waals surface area contributed by atoms with Gasteiger partial charge in [-0.05, 0) is 43.1 Å². The number of rotatable bonds is 7. The zero-order chi connectivity index (χ0) is 24.4. The number of carbonyl (C=O) groups excluding carboxylic acids is 2. The van der Waals surface area contributed by atoms with Gasteiger partial charge in [-0.3, -0.25) is 4.79 Å². The molecule has 0 aromatic heterocycles. The van der Waals surface area contributed by atoms with E-state index in [4.69, 9.17) is 25.8 Å². The first-order valence-corrected chi connectivity index (χ1v) is 11.6. The molecule has 3 rings (SSSR count). The minimum atomic E-state index is -1.54. The van der Waals surface area contributed by atoms with Gasteiger partial charge in [-0.15, -0.1) is 0 Å². The Morgan fingerprint density at radius 3 is 2.55 bits per heavy atom. The number of ketones is 1. The molecule has 6 nitrogen and oxygen atoms in total. The van der Waals surface area contributed by atoms with Crippen LogP contribution < -0.4 is 10.1 Å². The summed E-state index contributed by atoms with van der Waals surface area (Å²) in [6.45, 7) is 5.55. The van der Waals surface area contributed by atoms with Crippen LogP contribution >= 0.6 is 27.5 Å². The second-order valence-corrected chi connectivity index (χ2v) is 9.84. The van der Waals surface area contributed by atoms with Gasteiger partial charge in [-0.2, -0.15) is 0 Å². The lowest BCUT2D eigenvalue weighted by Crippen LogP contribution is -2.44. The molecule has 9 heteroatoms. The van der Waals surface area contributed by atoms with E-state index in [1.54, 1.807) is 45.0 Å². The van der Waals surface area contributed by atoms with Crippen LogP contribution in [0.1, 0.15) is 50.8 Å². The molecule has 1 heterocycles. The Labute approximate surface area is 205 Å². The largest absolute Gasteiger partial charge is 0.471 e. The average molecular weight is 543 g/mol. The van der Waals surface area contributed by atoms with Crippen molar-refractivity contribution in [2.45, 2.75) is 50.9 Å². The van der Waals surface area contributed by atoms with Crippen LogP contribution in [-0.2, 0) is 19.9 Å². The molecule has 1 amide bonds. The Morgan fingerprint density at radius 2 is 1.94 bits per heavy atom. The van der Waals surface area contributed by atoms with Crippen LogP contribution in [-0.4, -0.2) is 31.1 Å². The lowest BCUT2D eigenvalue weighted by atomic mass is 9.81. The fourth-order valence-electron chi connectivity index (χ4n) is 3.83. The number of alkyl carbamates (subject to hydrolysis) is 1. The van der Waals surface area contributed by atoms with E-state index in [2.05, 4.69) is 21.2 Å².